The number of rotatable bonds is 4. The van der Waals surface area contributed by atoms with Crippen molar-refractivity contribution < 1.29 is 14.6 Å². The fourth-order valence-electron chi connectivity index (χ4n) is 2.50. The van der Waals surface area contributed by atoms with Crippen molar-refractivity contribution in [2.24, 2.45) is 5.41 Å². The van der Waals surface area contributed by atoms with Crippen LogP contribution in [0, 0.1) is 5.41 Å². The molecule has 1 heterocycles. The van der Waals surface area contributed by atoms with Gasteiger partial charge in [-0.3, -0.25) is 4.79 Å². The lowest BCUT2D eigenvalue weighted by molar-refractivity contribution is -0.283. The van der Waals surface area contributed by atoms with Crippen LogP contribution in [0.15, 0.2) is 12.7 Å². The second-order valence-corrected chi connectivity index (χ2v) is 6.80. The van der Waals surface area contributed by atoms with Crippen molar-refractivity contribution in [1.82, 2.24) is 5.32 Å². The molecule has 104 valence electrons. The zero-order valence-electron chi connectivity index (χ0n) is 12.1. The topological polar surface area (TPSA) is 47.6 Å². The zero-order valence-corrected chi connectivity index (χ0v) is 12.1. The van der Waals surface area contributed by atoms with Gasteiger partial charge in [0.05, 0.1) is 0 Å². The van der Waals surface area contributed by atoms with Crippen LogP contribution in [0.5, 0.6) is 0 Å². The fourth-order valence-corrected chi connectivity index (χ4v) is 2.50. The lowest BCUT2D eigenvalue weighted by Crippen LogP contribution is -2.49. The van der Waals surface area contributed by atoms with Crippen LogP contribution >= 0.6 is 0 Å². The van der Waals surface area contributed by atoms with Crippen LogP contribution in [0.3, 0.4) is 0 Å². The van der Waals surface area contributed by atoms with Crippen molar-refractivity contribution in [3.05, 3.63) is 12.7 Å². The van der Waals surface area contributed by atoms with Crippen molar-refractivity contribution in [2.75, 3.05) is 0 Å². The van der Waals surface area contributed by atoms with Crippen LogP contribution < -0.4 is 5.32 Å². The second kappa shape index (κ2) is 5.41. The third-order valence-electron chi connectivity index (χ3n) is 2.73. The van der Waals surface area contributed by atoms with Gasteiger partial charge in [-0.05, 0) is 25.7 Å². The molecule has 0 bridgehead atoms. The molecule has 0 aliphatic carbocycles. The Bertz CT molecular complexity index is 317. The maximum atomic E-state index is 12.1. The number of hydrogen-bond donors (Lipinski definition) is 1. The maximum Gasteiger partial charge on any atom is 0.253 e. The highest BCUT2D eigenvalue weighted by atomic mass is 17.2. The Kier molecular flexibility index (Phi) is 4.56. The molecule has 1 aliphatic heterocycles. The summed E-state index contributed by atoms with van der Waals surface area (Å²) in [4.78, 5) is 22.0. The standard InChI is InChI=1S/C14H25NO3/c1-7-10-8-11(18-17-10)12(16)15-14(5,6)9-13(2,3)4/h7,10-11H,1,8-9H2,2-6H3,(H,15,16)/t10-,11-/m1/s1. The Labute approximate surface area is 110 Å². The van der Waals surface area contributed by atoms with E-state index in [-0.39, 0.29) is 23.0 Å². The van der Waals surface area contributed by atoms with Gasteiger partial charge in [0.1, 0.15) is 6.10 Å². The molecular formula is C14H25NO3. The summed E-state index contributed by atoms with van der Waals surface area (Å²) < 4.78 is 0. The molecule has 1 saturated heterocycles. The van der Waals surface area contributed by atoms with Gasteiger partial charge in [-0.1, -0.05) is 26.8 Å². The predicted molar refractivity (Wildman–Crippen MR) is 70.9 cm³/mol. The molecule has 1 rings (SSSR count). The molecule has 1 aliphatic rings. The van der Waals surface area contributed by atoms with E-state index in [4.69, 9.17) is 9.78 Å². The molecule has 0 saturated carbocycles. The molecule has 0 spiro atoms. The monoisotopic (exact) mass is 255 g/mol. The normalized spacial score (nSPS) is 24.9. The molecule has 0 aromatic heterocycles. The summed E-state index contributed by atoms with van der Waals surface area (Å²) in [5.41, 5.74) is -0.0988. The van der Waals surface area contributed by atoms with Gasteiger partial charge in [0.25, 0.3) is 5.91 Å². The highest BCUT2D eigenvalue weighted by molar-refractivity contribution is 5.81. The molecule has 0 radical (unpaired) electrons. The third-order valence-corrected chi connectivity index (χ3v) is 2.73. The van der Waals surface area contributed by atoms with Gasteiger partial charge in [-0.25, -0.2) is 9.78 Å². The second-order valence-electron chi connectivity index (χ2n) is 6.80. The van der Waals surface area contributed by atoms with Gasteiger partial charge in [0.15, 0.2) is 6.10 Å². The van der Waals surface area contributed by atoms with Gasteiger partial charge in [0, 0.05) is 12.0 Å². The predicted octanol–water partition coefficient (Wildman–Crippen LogP) is 2.59. The Balaban J connectivity index is 2.51. The molecule has 0 aromatic carbocycles. The van der Waals surface area contributed by atoms with Gasteiger partial charge >= 0.3 is 0 Å². The van der Waals surface area contributed by atoms with Gasteiger partial charge < -0.3 is 5.32 Å². The highest BCUT2D eigenvalue weighted by Crippen LogP contribution is 2.27. The number of carbonyl (C=O) groups is 1. The number of nitrogens with one attached hydrogen (secondary N) is 1. The van der Waals surface area contributed by atoms with Gasteiger partial charge in [-0.2, -0.15) is 0 Å². The summed E-state index contributed by atoms with van der Waals surface area (Å²) in [7, 11) is 0. The van der Waals surface area contributed by atoms with E-state index >= 15 is 0 Å². The molecule has 0 aromatic rings. The molecule has 4 heteroatoms. The summed E-state index contributed by atoms with van der Waals surface area (Å²) in [5.74, 6) is -0.117. The maximum absolute atomic E-state index is 12.1. The SMILES string of the molecule is C=C[C@@H]1C[C@H](C(=O)NC(C)(C)CC(C)(C)C)OO1. The first-order valence-electron chi connectivity index (χ1n) is 6.40. The largest absolute Gasteiger partial charge is 0.349 e. The smallest absolute Gasteiger partial charge is 0.253 e. The van der Waals surface area contributed by atoms with Crippen molar-refractivity contribution in [2.45, 2.75) is 65.2 Å². The molecular weight excluding hydrogens is 230 g/mol. The molecule has 0 unspecified atom stereocenters. The van der Waals surface area contributed by atoms with Gasteiger partial charge in [-0.15, -0.1) is 6.58 Å². The highest BCUT2D eigenvalue weighted by Gasteiger charge is 2.35. The van der Waals surface area contributed by atoms with Crippen molar-refractivity contribution >= 4 is 5.91 Å². The Morgan fingerprint density at radius 1 is 1.33 bits per heavy atom. The Hall–Kier alpha value is -0.870. The summed E-state index contributed by atoms with van der Waals surface area (Å²) >= 11 is 0. The van der Waals surface area contributed by atoms with E-state index in [1.807, 2.05) is 13.8 Å². The van der Waals surface area contributed by atoms with Crippen LogP contribution in [-0.2, 0) is 14.6 Å². The van der Waals surface area contributed by atoms with E-state index in [0.29, 0.717) is 6.42 Å². The summed E-state index contributed by atoms with van der Waals surface area (Å²) in [6, 6.07) is 0. The lowest BCUT2D eigenvalue weighted by atomic mass is 9.81. The molecule has 18 heavy (non-hydrogen) atoms. The molecule has 1 N–H and O–H groups in total. The third kappa shape index (κ3) is 4.78. The first-order chi connectivity index (χ1) is 8.13. The first-order valence-corrected chi connectivity index (χ1v) is 6.40. The van der Waals surface area contributed by atoms with Crippen LogP contribution in [0.2, 0.25) is 0 Å². The molecule has 1 fully saturated rings. The first kappa shape index (κ1) is 15.2. The van der Waals surface area contributed by atoms with E-state index in [1.54, 1.807) is 6.08 Å². The minimum atomic E-state index is -0.535. The Morgan fingerprint density at radius 3 is 2.39 bits per heavy atom. The fraction of sp³-hybridized carbons (Fsp3) is 0.786. The minimum absolute atomic E-state index is 0.117. The van der Waals surface area contributed by atoms with E-state index in [9.17, 15) is 4.79 Å². The van der Waals surface area contributed by atoms with E-state index < -0.39 is 6.10 Å². The minimum Gasteiger partial charge on any atom is -0.349 e. The number of carbonyl (C=O) groups excluding carboxylic acids is 1. The van der Waals surface area contributed by atoms with Crippen LogP contribution in [0.1, 0.15) is 47.5 Å². The number of hydrogen-bond acceptors (Lipinski definition) is 3. The summed E-state index contributed by atoms with van der Waals surface area (Å²) in [6.07, 6.45) is 2.34. The van der Waals surface area contributed by atoms with Crippen molar-refractivity contribution in [3.8, 4) is 0 Å². The van der Waals surface area contributed by atoms with Gasteiger partial charge in [0.2, 0.25) is 0 Å². The van der Waals surface area contributed by atoms with Crippen LogP contribution in [0.25, 0.3) is 0 Å². The van der Waals surface area contributed by atoms with E-state index in [0.717, 1.165) is 6.42 Å². The lowest BCUT2D eigenvalue weighted by Gasteiger charge is -2.33. The summed E-state index contributed by atoms with van der Waals surface area (Å²) in [5, 5.41) is 3.02. The number of amides is 1. The van der Waals surface area contributed by atoms with E-state index in [1.165, 1.54) is 0 Å². The molecule has 4 nitrogen and oxygen atoms in total. The molecule has 2 atom stereocenters. The van der Waals surface area contributed by atoms with Crippen LogP contribution in [-0.4, -0.2) is 23.7 Å². The summed E-state index contributed by atoms with van der Waals surface area (Å²) in [6.45, 7) is 14.1. The molecule has 1 amide bonds. The quantitative estimate of drug-likeness (QED) is 0.620. The average molecular weight is 255 g/mol. The van der Waals surface area contributed by atoms with E-state index in [2.05, 4.69) is 32.7 Å². The Morgan fingerprint density at radius 2 is 1.94 bits per heavy atom. The average Bonchev–Trinajstić information content (AvgIpc) is 2.60. The van der Waals surface area contributed by atoms with Crippen LogP contribution in [0.4, 0.5) is 0 Å². The van der Waals surface area contributed by atoms with Crippen molar-refractivity contribution in [3.63, 3.8) is 0 Å². The van der Waals surface area contributed by atoms with Crippen molar-refractivity contribution in [1.29, 1.82) is 0 Å². The zero-order chi connectivity index (χ0) is 14.0.